The lowest BCUT2D eigenvalue weighted by Crippen LogP contribution is -2.26. The fraction of sp³-hybridized carbons (Fsp3) is 0.176. The van der Waals surface area contributed by atoms with Crippen LogP contribution in [-0.4, -0.2) is 22.5 Å². The maximum atomic E-state index is 12.5. The Hall–Kier alpha value is -2.62. The first kappa shape index (κ1) is 13.4. The van der Waals surface area contributed by atoms with Crippen molar-refractivity contribution in [1.29, 1.82) is 0 Å². The van der Waals surface area contributed by atoms with Gasteiger partial charge in [-0.1, -0.05) is 17.7 Å². The molecule has 21 heavy (non-hydrogen) atoms. The summed E-state index contributed by atoms with van der Waals surface area (Å²) in [7, 11) is 3.74. The molecule has 0 unspecified atom stereocenters. The van der Waals surface area contributed by atoms with Crippen molar-refractivity contribution in [2.24, 2.45) is 7.05 Å². The van der Waals surface area contributed by atoms with Crippen molar-refractivity contribution >= 4 is 22.6 Å². The van der Waals surface area contributed by atoms with Crippen molar-refractivity contribution in [3.63, 3.8) is 0 Å². The van der Waals surface area contributed by atoms with Gasteiger partial charge in [0.05, 0.1) is 17.4 Å². The Balaban J connectivity index is 1.93. The summed E-state index contributed by atoms with van der Waals surface area (Å²) < 4.78 is 1.96. The van der Waals surface area contributed by atoms with E-state index in [1.54, 1.807) is 18.3 Å². The quantitative estimate of drug-likeness (QED) is 0.722. The van der Waals surface area contributed by atoms with Crippen LogP contribution in [0, 0.1) is 6.92 Å². The lowest BCUT2D eigenvalue weighted by molar-refractivity contribution is 0.0993. The van der Waals surface area contributed by atoms with E-state index in [-0.39, 0.29) is 5.91 Å². The molecule has 4 nitrogen and oxygen atoms in total. The Morgan fingerprint density at radius 2 is 1.86 bits per heavy atom. The van der Waals surface area contributed by atoms with Crippen LogP contribution < -0.4 is 4.90 Å². The van der Waals surface area contributed by atoms with Crippen molar-refractivity contribution in [2.45, 2.75) is 6.92 Å². The molecule has 3 rings (SSSR count). The molecule has 1 heterocycles. The van der Waals surface area contributed by atoms with E-state index in [1.165, 1.54) is 0 Å². The van der Waals surface area contributed by atoms with Gasteiger partial charge in [0, 0.05) is 25.3 Å². The van der Waals surface area contributed by atoms with Gasteiger partial charge in [-0.15, -0.1) is 0 Å². The summed E-state index contributed by atoms with van der Waals surface area (Å²) in [5.41, 5.74) is 4.61. The van der Waals surface area contributed by atoms with Gasteiger partial charge in [-0.2, -0.15) is 0 Å². The van der Waals surface area contributed by atoms with Crippen molar-refractivity contribution in [1.82, 2.24) is 9.55 Å². The maximum absolute atomic E-state index is 12.5. The third-order valence-electron chi connectivity index (χ3n) is 3.70. The minimum atomic E-state index is -0.0229. The van der Waals surface area contributed by atoms with Crippen molar-refractivity contribution < 1.29 is 4.79 Å². The van der Waals surface area contributed by atoms with Crippen LogP contribution in [0.4, 0.5) is 5.69 Å². The standard InChI is InChI=1S/C17H17N3O/c1-12-4-6-13(7-5-12)17(21)20(3)14-8-9-16-15(10-14)18-11-19(16)2/h4-11H,1-3H3. The normalized spacial score (nSPS) is 10.8. The first-order valence-electron chi connectivity index (χ1n) is 6.82. The van der Waals surface area contributed by atoms with Gasteiger partial charge in [0.15, 0.2) is 0 Å². The van der Waals surface area contributed by atoms with Gasteiger partial charge < -0.3 is 9.47 Å². The number of rotatable bonds is 2. The highest BCUT2D eigenvalue weighted by atomic mass is 16.2. The molecule has 0 aliphatic rings. The highest BCUT2D eigenvalue weighted by Crippen LogP contribution is 2.21. The van der Waals surface area contributed by atoms with Crippen molar-refractivity contribution in [3.8, 4) is 0 Å². The number of benzene rings is 2. The minimum Gasteiger partial charge on any atom is -0.334 e. The molecule has 3 aromatic rings. The number of carbonyl (C=O) groups excluding carboxylic acids is 1. The molecule has 4 heteroatoms. The molecule has 0 N–H and O–H groups in total. The summed E-state index contributed by atoms with van der Waals surface area (Å²) in [5, 5.41) is 0. The molecule has 0 atom stereocenters. The zero-order valence-corrected chi connectivity index (χ0v) is 12.4. The van der Waals surface area contributed by atoms with E-state index in [0.29, 0.717) is 5.56 Å². The summed E-state index contributed by atoms with van der Waals surface area (Å²) >= 11 is 0. The molecule has 0 spiro atoms. The first-order chi connectivity index (χ1) is 10.1. The van der Waals surface area contributed by atoms with Crippen molar-refractivity contribution in [3.05, 3.63) is 59.9 Å². The summed E-state index contributed by atoms with van der Waals surface area (Å²) in [4.78, 5) is 18.5. The number of amides is 1. The maximum Gasteiger partial charge on any atom is 0.258 e. The van der Waals surface area contributed by atoms with Crippen LogP contribution >= 0.6 is 0 Å². The number of aromatic nitrogens is 2. The highest BCUT2D eigenvalue weighted by Gasteiger charge is 2.14. The van der Waals surface area contributed by atoms with E-state index in [0.717, 1.165) is 22.3 Å². The third kappa shape index (κ3) is 2.40. The van der Waals surface area contributed by atoms with Crippen LogP contribution in [0.15, 0.2) is 48.8 Å². The van der Waals surface area contributed by atoms with Gasteiger partial charge >= 0.3 is 0 Å². The number of nitrogens with zero attached hydrogens (tertiary/aromatic N) is 3. The molecule has 0 bridgehead atoms. The molecular weight excluding hydrogens is 262 g/mol. The number of hydrogen-bond acceptors (Lipinski definition) is 2. The molecule has 0 saturated heterocycles. The van der Waals surface area contributed by atoms with Gasteiger partial charge in [0.2, 0.25) is 0 Å². The third-order valence-corrected chi connectivity index (χ3v) is 3.70. The van der Waals surface area contributed by atoms with Crippen LogP contribution in [0.1, 0.15) is 15.9 Å². The van der Waals surface area contributed by atoms with Gasteiger partial charge in [0.1, 0.15) is 0 Å². The van der Waals surface area contributed by atoms with E-state index < -0.39 is 0 Å². The van der Waals surface area contributed by atoms with Crippen LogP contribution in [0.3, 0.4) is 0 Å². The van der Waals surface area contributed by atoms with E-state index in [1.807, 2.05) is 61.0 Å². The summed E-state index contributed by atoms with van der Waals surface area (Å²) in [6.07, 6.45) is 1.77. The van der Waals surface area contributed by atoms with E-state index in [2.05, 4.69) is 4.98 Å². The summed E-state index contributed by atoms with van der Waals surface area (Å²) in [6.45, 7) is 2.01. The van der Waals surface area contributed by atoms with E-state index in [9.17, 15) is 4.79 Å². The largest absolute Gasteiger partial charge is 0.334 e. The number of anilines is 1. The van der Waals surface area contributed by atoms with Gasteiger partial charge in [-0.3, -0.25) is 4.79 Å². The number of imidazole rings is 1. The smallest absolute Gasteiger partial charge is 0.258 e. The molecule has 2 aromatic carbocycles. The second kappa shape index (κ2) is 5.05. The van der Waals surface area contributed by atoms with E-state index in [4.69, 9.17) is 0 Å². The monoisotopic (exact) mass is 279 g/mol. The second-order valence-corrected chi connectivity index (χ2v) is 5.26. The Kier molecular flexibility index (Phi) is 3.22. The number of fused-ring (bicyclic) bond motifs is 1. The molecule has 0 aliphatic carbocycles. The Bertz CT molecular complexity index is 803. The minimum absolute atomic E-state index is 0.0229. The van der Waals surface area contributed by atoms with Gasteiger partial charge in [0.25, 0.3) is 5.91 Å². The summed E-state index contributed by atoms with van der Waals surface area (Å²) in [6, 6.07) is 13.5. The summed E-state index contributed by atoms with van der Waals surface area (Å²) in [5.74, 6) is -0.0229. The van der Waals surface area contributed by atoms with Crippen LogP contribution in [-0.2, 0) is 7.05 Å². The molecule has 0 fully saturated rings. The topological polar surface area (TPSA) is 38.1 Å². The van der Waals surface area contributed by atoms with E-state index >= 15 is 0 Å². The highest BCUT2D eigenvalue weighted by molar-refractivity contribution is 6.06. The Labute approximate surface area is 123 Å². The van der Waals surface area contributed by atoms with Crippen LogP contribution in [0.25, 0.3) is 11.0 Å². The molecule has 1 amide bonds. The molecule has 106 valence electrons. The average Bonchev–Trinajstić information content (AvgIpc) is 2.87. The molecule has 0 radical (unpaired) electrons. The Morgan fingerprint density at radius 1 is 1.14 bits per heavy atom. The predicted octanol–water partition coefficient (Wildman–Crippen LogP) is 3.16. The van der Waals surface area contributed by atoms with Crippen LogP contribution in [0.5, 0.6) is 0 Å². The fourth-order valence-corrected chi connectivity index (χ4v) is 2.34. The van der Waals surface area contributed by atoms with Crippen LogP contribution in [0.2, 0.25) is 0 Å². The van der Waals surface area contributed by atoms with Gasteiger partial charge in [-0.05, 0) is 37.3 Å². The number of hydrogen-bond donors (Lipinski definition) is 0. The molecular formula is C17H17N3O. The van der Waals surface area contributed by atoms with Crippen molar-refractivity contribution in [2.75, 3.05) is 11.9 Å². The average molecular weight is 279 g/mol. The van der Waals surface area contributed by atoms with Gasteiger partial charge in [-0.25, -0.2) is 4.98 Å². The fourth-order valence-electron chi connectivity index (χ4n) is 2.34. The molecule has 1 aromatic heterocycles. The lowest BCUT2D eigenvalue weighted by Gasteiger charge is -2.17. The first-order valence-corrected chi connectivity index (χ1v) is 6.82. The molecule has 0 aliphatic heterocycles. The SMILES string of the molecule is Cc1ccc(C(=O)N(C)c2ccc3c(c2)ncn3C)cc1. The predicted molar refractivity (Wildman–Crippen MR) is 84.6 cm³/mol. The zero-order chi connectivity index (χ0) is 15.0. The number of carbonyl (C=O) groups is 1. The zero-order valence-electron chi connectivity index (χ0n) is 12.4. The number of aryl methyl sites for hydroxylation is 2. The molecule has 0 saturated carbocycles. The second-order valence-electron chi connectivity index (χ2n) is 5.26. The Morgan fingerprint density at radius 3 is 2.57 bits per heavy atom. The lowest BCUT2D eigenvalue weighted by atomic mass is 10.1.